The lowest BCUT2D eigenvalue weighted by Crippen LogP contribution is -2.53. The molecule has 1 atom stereocenters. The van der Waals surface area contributed by atoms with Gasteiger partial charge in [0.2, 0.25) is 11.8 Å². The molecule has 0 aliphatic carbocycles. The fraction of sp³-hybridized carbons (Fsp3) is 0.545. The van der Waals surface area contributed by atoms with E-state index < -0.39 is 0 Å². The van der Waals surface area contributed by atoms with Gasteiger partial charge in [0.25, 0.3) is 0 Å². The van der Waals surface area contributed by atoms with Gasteiger partial charge in [0, 0.05) is 51.6 Å². The molecule has 1 aromatic carbocycles. The van der Waals surface area contributed by atoms with E-state index in [2.05, 4.69) is 47.5 Å². The van der Waals surface area contributed by atoms with E-state index in [0.717, 1.165) is 45.4 Å². The first kappa shape index (κ1) is 19.6. The second-order valence-electron chi connectivity index (χ2n) is 8.11. The number of hydrogen-bond acceptors (Lipinski definition) is 3. The van der Waals surface area contributed by atoms with Gasteiger partial charge in [-0.25, -0.2) is 0 Å². The first-order chi connectivity index (χ1) is 12.9. The number of benzene rings is 1. The monoisotopic (exact) mass is 369 g/mol. The Labute approximate surface area is 162 Å². The lowest BCUT2D eigenvalue weighted by Gasteiger charge is -2.45. The van der Waals surface area contributed by atoms with Crippen molar-refractivity contribution >= 4 is 17.9 Å². The molecule has 5 heteroatoms. The van der Waals surface area contributed by atoms with Gasteiger partial charge in [0.15, 0.2) is 0 Å². The molecule has 2 heterocycles. The molecular weight excluding hydrogens is 338 g/mol. The van der Waals surface area contributed by atoms with Crippen LogP contribution < -0.4 is 5.32 Å². The molecule has 0 aromatic heterocycles. The van der Waals surface area contributed by atoms with Crippen LogP contribution in [0.5, 0.6) is 0 Å². The Kier molecular flexibility index (Phi) is 6.00. The number of rotatable bonds is 4. The van der Waals surface area contributed by atoms with Crippen LogP contribution in [0.4, 0.5) is 0 Å². The van der Waals surface area contributed by atoms with Gasteiger partial charge in [0.05, 0.1) is 0 Å². The number of amides is 2. The molecule has 0 saturated carbocycles. The van der Waals surface area contributed by atoms with Crippen LogP contribution in [0, 0.1) is 0 Å². The van der Waals surface area contributed by atoms with Gasteiger partial charge >= 0.3 is 0 Å². The lowest BCUT2D eigenvalue weighted by atomic mass is 9.83. The maximum atomic E-state index is 11.7. The normalized spacial score (nSPS) is 22.9. The zero-order valence-corrected chi connectivity index (χ0v) is 16.7. The summed E-state index contributed by atoms with van der Waals surface area (Å²) in [7, 11) is 0. The van der Waals surface area contributed by atoms with Crippen LogP contribution in [-0.2, 0) is 9.59 Å². The van der Waals surface area contributed by atoms with Crippen LogP contribution in [0.1, 0.15) is 45.6 Å². The van der Waals surface area contributed by atoms with Crippen LogP contribution in [0.2, 0.25) is 0 Å². The Morgan fingerprint density at radius 1 is 1.15 bits per heavy atom. The highest BCUT2D eigenvalue weighted by Crippen LogP contribution is 2.39. The molecule has 1 aromatic rings. The molecule has 146 valence electrons. The number of piperidine rings is 1. The highest BCUT2D eigenvalue weighted by atomic mass is 16.2. The van der Waals surface area contributed by atoms with Gasteiger partial charge < -0.3 is 10.2 Å². The molecule has 0 bridgehead atoms. The van der Waals surface area contributed by atoms with E-state index in [0.29, 0.717) is 0 Å². The van der Waals surface area contributed by atoms with E-state index in [9.17, 15) is 9.59 Å². The van der Waals surface area contributed by atoms with Gasteiger partial charge in [-0.3, -0.25) is 14.5 Å². The van der Waals surface area contributed by atoms with Crippen molar-refractivity contribution in [1.29, 1.82) is 0 Å². The first-order valence-corrected chi connectivity index (χ1v) is 9.88. The molecule has 1 N–H and O–H groups in total. The molecule has 0 radical (unpaired) electrons. The molecule has 3 rings (SSSR count). The van der Waals surface area contributed by atoms with E-state index in [1.54, 1.807) is 13.8 Å². The highest BCUT2D eigenvalue weighted by Gasteiger charge is 2.47. The Hall–Kier alpha value is -2.14. The number of likely N-dealkylation sites (tertiary alicyclic amines) is 2. The summed E-state index contributed by atoms with van der Waals surface area (Å²) in [4.78, 5) is 27.8. The van der Waals surface area contributed by atoms with E-state index in [1.165, 1.54) is 11.1 Å². The third-order valence-corrected chi connectivity index (χ3v) is 5.94. The van der Waals surface area contributed by atoms with Gasteiger partial charge in [-0.15, -0.1) is 0 Å². The number of nitrogens with zero attached hydrogens (tertiary/aromatic N) is 2. The Balaban J connectivity index is 1.74. The van der Waals surface area contributed by atoms with Crippen molar-refractivity contribution in [3.05, 3.63) is 41.5 Å². The summed E-state index contributed by atoms with van der Waals surface area (Å²) >= 11 is 0. The van der Waals surface area contributed by atoms with Crippen molar-refractivity contribution < 1.29 is 9.59 Å². The molecular formula is C22H31N3O2. The van der Waals surface area contributed by atoms with Gasteiger partial charge in [-0.2, -0.15) is 0 Å². The Bertz CT molecular complexity index is 706. The molecule has 2 saturated heterocycles. The topological polar surface area (TPSA) is 52.7 Å². The van der Waals surface area contributed by atoms with E-state index in [-0.39, 0.29) is 23.4 Å². The molecule has 2 aliphatic heterocycles. The summed E-state index contributed by atoms with van der Waals surface area (Å²) in [6, 6.07) is 10.6. The zero-order valence-electron chi connectivity index (χ0n) is 16.7. The van der Waals surface area contributed by atoms with Crippen molar-refractivity contribution in [1.82, 2.24) is 15.1 Å². The SMILES string of the molecule is CC(=O)N[C@H]1CN(C/C(C)=C/c2ccccc2)C2(CCN(C(C)=O)CC2)C1. The largest absolute Gasteiger partial charge is 0.352 e. The summed E-state index contributed by atoms with van der Waals surface area (Å²) < 4.78 is 0. The summed E-state index contributed by atoms with van der Waals surface area (Å²) in [5.74, 6) is 0.197. The summed E-state index contributed by atoms with van der Waals surface area (Å²) in [5.41, 5.74) is 2.61. The Morgan fingerprint density at radius 2 is 1.81 bits per heavy atom. The van der Waals surface area contributed by atoms with Crippen molar-refractivity contribution in [3.8, 4) is 0 Å². The summed E-state index contributed by atoms with van der Waals surface area (Å²) in [5, 5.41) is 3.12. The molecule has 5 nitrogen and oxygen atoms in total. The second kappa shape index (κ2) is 8.26. The number of carbonyl (C=O) groups excluding carboxylic acids is 2. The van der Waals surface area contributed by atoms with Crippen LogP contribution in [0.15, 0.2) is 35.9 Å². The second-order valence-corrected chi connectivity index (χ2v) is 8.11. The van der Waals surface area contributed by atoms with E-state index >= 15 is 0 Å². The smallest absolute Gasteiger partial charge is 0.219 e. The van der Waals surface area contributed by atoms with Crippen LogP contribution in [0.3, 0.4) is 0 Å². The molecule has 2 fully saturated rings. The van der Waals surface area contributed by atoms with Crippen molar-refractivity contribution in [3.63, 3.8) is 0 Å². The Morgan fingerprint density at radius 3 is 2.41 bits per heavy atom. The maximum Gasteiger partial charge on any atom is 0.219 e. The van der Waals surface area contributed by atoms with Crippen LogP contribution in [0.25, 0.3) is 6.08 Å². The third-order valence-electron chi connectivity index (χ3n) is 5.94. The maximum absolute atomic E-state index is 11.7. The number of hydrogen-bond donors (Lipinski definition) is 1. The average molecular weight is 370 g/mol. The average Bonchev–Trinajstić information content (AvgIpc) is 2.91. The molecule has 0 unspecified atom stereocenters. The van der Waals surface area contributed by atoms with Gasteiger partial charge in [-0.05, 0) is 31.7 Å². The van der Waals surface area contributed by atoms with Crippen molar-refractivity contribution in [2.24, 2.45) is 0 Å². The van der Waals surface area contributed by atoms with Gasteiger partial charge in [0.1, 0.15) is 0 Å². The van der Waals surface area contributed by atoms with Crippen LogP contribution in [-0.4, -0.2) is 59.4 Å². The third kappa shape index (κ3) is 4.78. The lowest BCUT2D eigenvalue weighted by molar-refractivity contribution is -0.131. The molecule has 2 amide bonds. The molecule has 1 spiro atoms. The minimum absolute atomic E-state index is 0.0368. The minimum atomic E-state index is 0.0368. The van der Waals surface area contributed by atoms with Gasteiger partial charge in [-0.1, -0.05) is 42.0 Å². The number of nitrogens with one attached hydrogen (secondary N) is 1. The van der Waals surface area contributed by atoms with Crippen molar-refractivity contribution in [2.75, 3.05) is 26.2 Å². The summed E-state index contributed by atoms with van der Waals surface area (Å²) in [6.45, 7) is 8.80. The van der Waals surface area contributed by atoms with Crippen LogP contribution >= 0.6 is 0 Å². The van der Waals surface area contributed by atoms with Crippen molar-refractivity contribution in [2.45, 2.75) is 51.6 Å². The van der Waals surface area contributed by atoms with E-state index in [4.69, 9.17) is 0 Å². The highest BCUT2D eigenvalue weighted by molar-refractivity contribution is 5.73. The zero-order chi connectivity index (χ0) is 19.4. The molecule has 2 aliphatic rings. The fourth-order valence-corrected chi connectivity index (χ4v) is 4.67. The standard InChI is InChI=1S/C22H31N3O2/c1-17(13-20-7-5-4-6-8-20)15-25-16-21(23-18(2)26)14-22(25)9-11-24(12-10-22)19(3)27/h4-8,13,21H,9-12,14-16H2,1-3H3,(H,23,26)/b17-13+/t21-/m1/s1. The quantitative estimate of drug-likeness (QED) is 0.888. The predicted octanol–water partition coefficient (Wildman–Crippen LogP) is 2.68. The minimum Gasteiger partial charge on any atom is -0.352 e. The first-order valence-electron chi connectivity index (χ1n) is 9.88. The molecule has 27 heavy (non-hydrogen) atoms. The van der Waals surface area contributed by atoms with E-state index in [1.807, 2.05) is 11.0 Å². The summed E-state index contributed by atoms with van der Waals surface area (Å²) in [6.07, 6.45) is 5.16. The fourth-order valence-electron chi connectivity index (χ4n) is 4.67. The predicted molar refractivity (Wildman–Crippen MR) is 108 cm³/mol. The number of carbonyl (C=O) groups is 2.